The number of pyridine rings is 1. The summed E-state index contributed by atoms with van der Waals surface area (Å²) in [5, 5.41) is 4.90. The maximum atomic E-state index is 12.4. The molecule has 1 aliphatic heterocycles. The average molecular weight is 551 g/mol. The van der Waals surface area contributed by atoms with Crippen LogP contribution in [0, 0.1) is 0 Å². The van der Waals surface area contributed by atoms with Crippen molar-refractivity contribution in [1.82, 2.24) is 24.8 Å². The van der Waals surface area contributed by atoms with Gasteiger partial charge in [-0.1, -0.05) is 48.8 Å². The molecule has 1 saturated heterocycles. The number of rotatable bonds is 9. The number of nitrogens with one attached hydrogen (secondary N) is 1. The second-order valence-electron chi connectivity index (χ2n) is 8.66. The van der Waals surface area contributed by atoms with E-state index in [1.807, 2.05) is 24.3 Å². The maximum absolute atomic E-state index is 12.4. The Labute approximate surface area is 225 Å². The minimum absolute atomic E-state index is 0.0383. The first kappa shape index (κ1) is 26.8. The van der Waals surface area contributed by atoms with E-state index in [4.69, 9.17) is 37.7 Å². The van der Waals surface area contributed by atoms with Gasteiger partial charge in [-0.25, -0.2) is 9.78 Å². The van der Waals surface area contributed by atoms with Gasteiger partial charge < -0.3 is 19.4 Å². The third-order valence-electron chi connectivity index (χ3n) is 5.60. The van der Waals surface area contributed by atoms with Gasteiger partial charge in [0.05, 0.1) is 32.1 Å². The van der Waals surface area contributed by atoms with Crippen molar-refractivity contribution in [2.45, 2.75) is 42.8 Å². The molecule has 0 spiro atoms. The number of imidazole rings is 1. The van der Waals surface area contributed by atoms with E-state index in [1.54, 1.807) is 30.2 Å². The van der Waals surface area contributed by atoms with Gasteiger partial charge in [0.25, 0.3) is 0 Å². The van der Waals surface area contributed by atoms with E-state index in [1.165, 1.54) is 0 Å². The van der Waals surface area contributed by atoms with E-state index in [0.717, 1.165) is 34.3 Å². The summed E-state index contributed by atoms with van der Waals surface area (Å²) >= 11 is 14.1. The fraction of sp³-hybridized carbons (Fsp3) is 0.400. The van der Waals surface area contributed by atoms with Crippen LogP contribution in [0.2, 0.25) is 10.0 Å². The number of alkyl carbamates (subject to hydrolysis) is 1. The fourth-order valence-corrected chi connectivity index (χ4v) is 5.66. The van der Waals surface area contributed by atoms with Gasteiger partial charge in [-0.3, -0.25) is 9.88 Å². The second kappa shape index (κ2) is 12.8. The summed E-state index contributed by atoms with van der Waals surface area (Å²) in [4.78, 5) is 24.5. The van der Waals surface area contributed by atoms with Crippen molar-refractivity contribution in [2.24, 2.45) is 0 Å². The third-order valence-corrected chi connectivity index (χ3v) is 7.13. The summed E-state index contributed by atoms with van der Waals surface area (Å²) in [7, 11) is 0. The number of hydrogen-bond acceptors (Lipinski definition) is 7. The number of nitrogens with zero attached hydrogens (tertiary/aromatic N) is 4. The van der Waals surface area contributed by atoms with Gasteiger partial charge in [0, 0.05) is 40.4 Å². The van der Waals surface area contributed by atoms with E-state index in [9.17, 15) is 4.79 Å². The minimum atomic E-state index is -0.484. The highest BCUT2D eigenvalue weighted by Gasteiger charge is 2.22. The van der Waals surface area contributed by atoms with E-state index in [2.05, 4.69) is 33.6 Å². The molecule has 0 unspecified atom stereocenters. The molecule has 3 aromatic rings. The number of amides is 1. The number of ether oxygens (including phenoxy) is 2. The lowest BCUT2D eigenvalue weighted by molar-refractivity contribution is 0.0328. The van der Waals surface area contributed by atoms with Crippen molar-refractivity contribution in [1.29, 1.82) is 0 Å². The highest BCUT2D eigenvalue weighted by atomic mass is 35.5. The zero-order valence-corrected chi connectivity index (χ0v) is 22.6. The van der Waals surface area contributed by atoms with Crippen LogP contribution in [-0.4, -0.2) is 58.5 Å². The number of carbonyl (C=O) groups is 1. The van der Waals surface area contributed by atoms with E-state index in [0.29, 0.717) is 42.3 Å². The van der Waals surface area contributed by atoms with Crippen LogP contribution in [0.4, 0.5) is 4.79 Å². The number of benzene rings is 1. The second-order valence-corrected chi connectivity index (χ2v) is 10.6. The molecule has 1 N–H and O–H groups in total. The molecule has 1 amide bonds. The maximum Gasteiger partial charge on any atom is 0.408 e. The van der Waals surface area contributed by atoms with Crippen molar-refractivity contribution >= 4 is 41.1 Å². The third kappa shape index (κ3) is 7.36. The topological polar surface area (TPSA) is 81.5 Å². The van der Waals surface area contributed by atoms with Gasteiger partial charge in [-0.15, -0.1) is 0 Å². The number of aromatic nitrogens is 3. The van der Waals surface area contributed by atoms with Gasteiger partial charge in [0.1, 0.15) is 10.9 Å². The van der Waals surface area contributed by atoms with Crippen LogP contribution in [0.5, 0.6) is 0 Å². The first-order valence-electron chi connectivity index (χ1n) is 11.7. The summed E-state index contributed by atoms with van der Waals surface area (Å²) in [6, 6.07) is 9.38. The van der Waals surface area contributed by atoms with E-state index in [-0.39, 0.29) is 12.5 Å². The van der Waals surface area contributed by atoms with Crippen molar-refractivity contribution in [2.75, 3.05) is 33.0 Å². The van der Waals surface area contributed by atoms with Crippen molar-refractivity contribution in [3.05, 3.63) is 69.9 Å². The van der Waals surface area contributed by atoms with Gasteiger partial charge in [0.15, 0.2) is 6.61 Å². The van der Waals surface area contributed by atoms with Crippen LogP contribution < -0.4 is 5.32 Å². The smallest absolute Gasteiger partial charge is 0.408 e. The highest BCUT2D eigenvalue weighted by molar-refractivity contribution is 7.99. The molecule has 0 radical (unpaired) electrons. The van der Waals surface area contributed by atoms with Crippen molar-refractivity contribution < 1.29 is 14.3 Å². The molecule has 2 aromatic heterocycles. The number of hydrogen-bond donors (Lipinski definition) is 1. The van der Waals surface area contributed by atoms with Gasteiger partial charge in [-0.05, 0) is 41.8 Å². The Morgan fingerprint density at radius 2 is 1.86 bits per heavy atom. The van der Waals surface area contributed by atoms with Gasteiger partial charge in [0.2, 0.25) is 0 Å². The highest BCUT2D eigenvalue weighted by Crippen LogP contribution is 2.37. The van der Waals surface area contributed by atoms with Crippen molar-refractivity contribution in [3.63, 3.8) is 0 Å². The van der Waals surface area contributed by atoms with Crippen LogP contribution in [0.25, 0.3) is 0 Å². The molecule has 36 heavy (non-hydrogen) atoms. The molecule has 1 aromatic carbocycles. The molecule has 1 fully saturated rings. The monoisotopic (exact) mass is 549 g/mol. The van der Waals surface area contributed by atoms with Crippen LogP contribution in [0.1, 0.15) is 36.8 Å². The van der Waals surface area contributed by atoms with Gasteiger partial charge in [-0.2, -0.15) is 0 Å². The molecule has 8 nitrogen and oxygen atoms in total. The SMILES string of the molecule is CC(C)c1nc(COC(=O)NCN2CCOCC2)n(Cc2ccncc2)c1Sc1cc(Cl)cc(Cl)c1. The first-order chi connectivity index (χ1) is 17.4. The predicted molar refractivity (Wildman–Crippen MR) is 141 cm³/mol. The normalized spacial score (nSPS) is 14.2. The zero-order valence-electron chi connectivity index (χ0n) is 20.2. The number of halogens is 2. The summed E-state index contributed by atoms with van der Waals surface area (Å²) in [6.45, 7) is 8.08. The summed E-state index contributed by atoms with van der Waals surface area (Å²) in [5.74, 6) is 0.808. The average Bonchev–Trinajstić information content (AvgIpc) is 3.19. The molecule has 0 aliphatic carbocycles. The summed E-state index contributed by atoms with van der Waals surface area (Å²) < 4.78 is 13.0. The van der Waals surface area contributed by atoms with E-state index >= 15 is 0 Å². The molecule has 4 rings (SSSR count). The summed E-state index contributed by atoms with van der Waals surface area (Å²) in [6.07, 6.45) is 3.03. The van der Waals surface area contributed by atoms with Crippen LogP contribution in [-0.2, 0) is 22.6 Å². The molecule has 3 heterocycles. The van der Waals surface area contributed by atoms with Crippen LogP contribution >= 0.6 is 35.0 Å². The molecular formula is C25H29Cl2N5O3S. The Bertz CT molecular complexity index is 1150. The van der Waals surface area contributed by atoms with Crippen LogP contribution in [0.3, 0.4) is 0 Å². The molecular weight excluding hydrogens is 521 g/mol. The standard InChI is InChI=1S/C25H29Cl2N5O3S/c1-17(2)23-24(36-21-12-19(26)11-20(27)13-21)32(14-18-3-5-28-6-4-18)22(30-23)15-35-25(33)29-16-31-7-9-34-10-8-31/h3-6,11-13,17H,7-10,14-16H2,1-2H3,(H,29,33). The Kier molecular flexibility index (Phi) is 9.50. The lowest BCUT2D eigenvalue weighted by Gasteiger charge is -2.26. The fourth-order valence-electron chi connectivity index (χ4n) is 3.75. The Balaban J connectivity index is 1.57. The lowest BCUT2D eigenvalue weighted by Crippen LogP contribution is -2.43. The minimum Gasteiger partial charge on any atom is -0.441 e. The van der Waals surface area contributed by atoms with Gasteiger partial charge >= 0.3 is 6.09 Å². The largest absolute Gasteiger partial charge is 0.441 e. The summed E-state index contributed by atoms with van der Waals surface area (Å²) in [5.41, 5.74) is 1.97. The predicted octanol–water partition coefficient (Wildman–Crippen LogP) is 5.42. The molecule has 0 saturated carbocycles. The number of morpholine rings is 1. The number of carbonyl (C=O) groups excluding carboxylic acids is 1. The Hall–Kier alpha value is -2.30. The Morgan fingerprint density at radius 1 is 1.17 bits per heavy atom. The van der Waals surface area contributed by atoms with Crippen LogP contribution in [0.15, 0.2) is 52.6 Å². The molecule has 192 valence electrons. The zero-order chi connectivity index (χ0) is 25.5. The Morgan fingerprint density at radius 3 is 2.53 bits per heavy atom. The van der Waals surface area contributed by atoms with E-state index < -0.39 is 6.09 Å². The molecule has 0 atom stereocenters. The molecule has 1 aliphatic rings. The lowest BCUT2D eigenvalue weighted by atomic mass is 10.1. The quantitative estimate of drug-likeness (QED) is 0.381. The van der Waals surface area contributed by atoms with Crippen molar-refractivity contribution in [3.8, 4) is 0 Å². The molecule has 0 bridgehead atoms. The molecule has 11 heteroatoms. The first-order valence-corrected chi connectivity index (χ1v) is 13.3.